The number of amides is 1. The van der Waals surface area contributed by atoms with Gasteiger partial charge in [0.2, 0.25) is 5.91 Å². The minimum atomic E-state index is 0.146. The first-order chi connectivity index (χ1) is 9.16. The van der Waals surface area contributed by atoms with E-state index in [0.29, 0.717) is 12.6 Å². The van der Waals surface area contributed by atoms with Crippen molar-refractivity contribution < 1.29 is 4.79 Å². The second-order valence-corrected chi connectivity index (χ2v) is 5.50. The van der Waals surface area contributed by atoms with Gasteiger partial charge in [-0.15, -0.1) is 0 Å². The number of aromatic amines is 1. The summed E-state index contributed by atoms with van der Waals surface area (Å²) in [4.78, 5) is 21.7. The number of hydrogen-bond acceptors (Lipinski definition) is 3. The fraction of sp³-hybridized carbons (Fsp3) is 0.714. The number of hydrogen-bond donors (Lipinski definition) is 2. The first-order valence-electron chi connectivity index (χ1n) is 7.17. The Bertz CT molecular complexity index is 388. The SMILES string of the molecule is CC(C)N1CCCC(C(=O)NCCc2ncc[nH]2)C1. The quantitative estimate of drug-likeness (QED) is 0.840. The molecule has 0 aromatic carbocycles. The van der Waals surface area contributed by atoms with Gasteiger partial charge in [0.15, 0.2) is 0 Å². The molecule has 5 heteroatoms. The summed E-state index contributed by atoms with van der Waals surface area (Å²) in [5.41, 5.74) is 0. The lowest BCUT2D eigenvalue weighted by atomic mass is 9.96. The molecule has 1 unspecified atom stereocenters. The Morgan fingerprint density at radius 3 is 3.16 bits per heavy atom. The van der Waals surface area contributed by atoms with E-state index < -0.39 is 0 Å². The van der Waals surface area contributed by atoms with Crippen LogP contribution in [0.2, 0.25) is 0 Å². The Morgan fingerprint density at radius 2 is 2.47 bits per heavy atom. The molecule has 0 spiro atoms. The third kappa shape index (κ3) is 4.06. The first-order valence-corrected chi connectivity index (χ1v) is 7.17. The zero-order valence-corrected chi connectivity index (χ0v) is 11.9. The van der Waals surface area contributed by atoms with Gasteiger partial charge in [-0.05, 0) is 33.2 Å². The predicted molar refractivity (Wildman–Crippen MR) is 74.7 cm³/mol. The molecular formula is C14H24N4O. The lowest BCUT2D eigenvalue weighted by Crippen LogP contribution is -2.45. The second kappa shape index (κ2) is 6.70. The molecule has 2 heterocycles. The molecule has 1 saturated heterocycles. The van der Waals surface area contributed by atoms with Crippen molar-refractivity contribution in [3.05, 3.63) is 18.2 Å². The molecule has 5 nitrogen and oxygen atoms in total. The van der Waals surface area contributed by atoms with Gasteiger partial charge in [0.05, 0.1) is 5.92 Å². The number of aromatic nitrogens is 2. The van der Waals surface area contributed by atoms with Crippen LogP contribution in [0.3, 0.4) is 0 Å². The van der Waals surface area contributed by atoms with E-state index in [1.807, 2.05) is 0 Å². The van der Waals surface area contributed by atoms with Crippen molar-refractivity contribution in [2.24, 2.45) is 5.92 Å². The summed E-state index contributed by atoms with van der Waals surface area (Å²) in [5, 5.41) is 3.02. The van der Waals surface area contributed by atoms with Crippen LogP contribution in [0.1, 0.15) is 32.5 Å². The van der Waals surface area contributed by atoms with Gasteiger partial charge < -0.3 is 15.2 Å². The average molecular weight is 264 g/mol. The number of nitrogens with one attached hydrogen (secondary N) is 2. The molecule has 1 aliphatic rings. The Hall–Kier alpha value is -1.36. The molecule has 2 rings (SSSR count). The van der Waals surface area contributed by atoms with E-state index in [2.05, 4.69) is 34.0 Å². The Labute approximate surface area is 114 Å². The van der Waals surface area contributed by atoms with Crippen LogP contribution >= 0.6 is 0 Å². The highest BCUT2D eigenvalue weighted by Gasteiger charge is 2.26. The summed E-state index contributed by atoms with van der Waals surface area (Å²) >= 11 is 0. The van der Waals surface area contributed by atoms with E-state index in [9.17, 15) is 4.79 Å². The van der Waals surface area contributed by atoms with Gasteiger partial charge in [-0.25, -0.2) is 4.98 Å². The molecule has 1 aliphatic heterocycles. The Kier molecular flexibility index (Phi) is 4.96. The van der Waals surface area contributed by atoms with E-state index in [4.69, 9.17) is 0 Å². The molecule has 1 atom stereocenters. The number of imidazole rings is 1. The maximum absolute atomic E-state index is 12.1. The summed E-state index contributed by atoms with van der Waals surface area (Å²) in [6, 6.07) is 0.527. The third-order valence-corrected chi connectivity index (χ3v) is 3.77. The van der Waals surface area contributed by atoms with Crippen molar-refractivity contribution in [2.45, 2.75) is 39.2 Å². The van der Waals surface area contributed by atoms with E-state index in [1.54, 1.807) is 12.4 Å². The predicted octanol–water partition coefficient (Wildman–Crippen LogP) is 1.19. The van der Waals surface area contributed by atoms with Crippen LogP contribution in [-0.2, 0) is 11.2 Å². The molecule has 1 amide bonds. The van der Waals surface area contributed by atoms with Crippen molar-refractivity contribution in [1.82, 2.24) is 20.2 Å². The summed E-state index contributed by atoms with van der Waals surface area (Å²) < 4.78 is 0. The zero-order valence-electron chi connectivity index (χ0n) is 11.9. The van der Waals surface area contributed by atoms with E-state index in [-0.39, 0.29) is 11.8 Å². The highest BCUT2D eigenvalue weighted by molar-refractivity contribution is 5.78. The van der Waals surface area contributed by atoms with Crippen molar-refractivity contribution >= 4 is 5.91 Å². The van der Waals surface area contributed by atoms with Gasteiger partial charge in [-0.2, -0.15) is 0 Å². The monoisotopic (exact) mass is 264 g/mol. The number of piperidine rings is 1. The second-order valence-electron chi connectivity index (χ2n) is 5.50. The van der Waals surface area contributed by atoms with E-state index >= 15 is 0 Å². The number of carbonyl (C=O) groups excluding carboxylic acids is 1. The molecule has 0 saturated carbocycles. The fourth-order valence-corrected chi connectivity index (χ4v) is 2.57. The summed E-state index contributed by atoms with van der Waals surface area (Å²) in [5.74, 6) is 1.26. The van der Waals surface area contributed by atoms with Crippen molar-refractivity contribution in [3.8, 4) is 0 Å². The third-order valence-electron chi connectivity index (χ3n) is 3.77. The number of rotatable bonds is 5. The summed E-state index contributed by atoms with van der Waals surface area (Å²) in [6.45, 7) is 7.05. The topological polar surface area (TPSA) is 61.0 Å². The summed E-state index contributed by atoms with van der Waals surface area (Å²) in [7, 11) is 0. The number of nitrogens with zero attached hydrogens (tertiary/aromatic N) is 2. The van der Waals surface area contributed by atoms with Gasteiger partial charge >= 0.3 is 0 Å². The lowest BCUT2D eigenvalue weighted by molar-refractivity contribution is -0.126. The van der Waals surface area contributed by atoms with Gasteiger partial charge in [-0.1, -0.05) is 0 Å². The zero-order chi connectivity index (χ0) is 13.7. The molecule has 0 bridgehead atoms. The number of carbonyl (C=O) groups is 1. The molecule has 1 aromatic heterocycles. The van der Waals surface area contributed by atoms with Crippen molar-refractivity contribution in [1.29, 1.82) is 0 Å². The standard InChI is InChI=1S/C14H24N4O/c1-11(2)18-9-3-4-12(10-18)14(19)17-6-5-13-15-7-8-16-13/h7-8,11-12H,3-6,9-10H2,1-2H3,(H,15,16)(H,17,19). The van der Waals surface area contributed by atoms with Crippen LogP contribution in [0.4, 0.5) is 0 Å². The molecule has 2 N–H and O–H groups in total. The van der Waals surface area contributed by atoms with E-state index in [0.717, 1.165) is 38.2 Å². The molecule has 106 valence electrons. The Morgan fingerprint density at radius 1 is 1.63 bits per heavy atom. The lowest BCUT2D eigenvalue weighted by Gasteiger charge is -2.34. The van der Waals surface area contributed by atoms with Crippen LogP contribution < -0.4 is 5.32 Å². The maximum atomic E-state index is 12.1. The molecule has 1 aromatic rings. The highest BCUT2D eigenvalue weighted by atomic mass is 16.1. The Balaban J connectivity index is 1.73. The van der Waals surface area contributed by atoms with Crippen LogP contribution in [0.5, 0.6) is 0 Å². The smallest absolute Gasteiger partial charge is 0.224 e. The highest BCUT2D eigenvalue weighted by Crippen LogP contribution is 2.18. The van der Waals surface area contributed by atoms with Crippen molar-refractivity contribution in [2.75, 3.05) is 19.6 Å². The van der Waals surface area contributed by atoms with Crippen molar-refractivity contribution in [3.63, 3.8) is 0 Å². The van der Waals surface area contributed by atoms with E-state index in [1.165, 1.54) is 0 Å². The minimum Gasteiger partial charge on any atom is -0.355 e. The van der Waals surface area contributed by atoms with Gasteiger partial charge in [0.25, 0.3) is 0 Å². The number of likely N-dealkylation sites (tertiary alicyclic amines) is 1. The maximum Gasteiger partial charge on any atom is 0.224 e. The first kappa shape index (κ1) is 14.1. The number of H-pyrrole nitrogens is 1. The average Bonchev–Trinajstić information content (AvgIpc) is 2.92. The van der Waals surface area contributed by atoms with Crippen LogP contribution in [-0.4, -0.2) is 46.5 Å². The molecule has 19 heavy (non-hydrogen) atoms. The van der Waals surface area contributed by atoms with Gasteiger partial charge in [-0.3, -0.25) is 4.79 Å². The van der Waals surface area contributed by atoms with Gasteiger partial charge in [0, 0.05) is 37.9 Å². The molecule has 1 fully saturated rings. The molecule has 0 aliphatic carbocycles. The summed E-state index contributed by atoms with van der Waals surface area (Å²) in [6.07, 6.45) is 6.43. The normalized spacial score (nSPS) is 20.7. The molecule has 0 radical (unpaired) electrons. The van der Waals surface area contributed by atoms with Crippen LogP contribution in [0.25, 0.3) is 0 Å². The molecular weight excluding hydrogens is 240 g/mol. The van der Waals surface area contributed by atoms with Crippen LogP contribution in [0.15, 0.2) is 12.4 Å². The minimum absolute atomic E-state index is 0.146. The largest absolute Gasteiger partial charge is 0.355 e. The van der Waals surface area contributed by atoms with Crippen LogP contribution in [0, 0.1) is 5.92 Å². The fourth-order valence-electron chi connectivity index (χ4n) is 2.57. The van der Waals surface area contributed by atoms with Gasteiger partial charge in [0.1, 0.15) is 5.82 Å².